The van der Waals surface area contributed by atoms with E-state index in [0.29, 0.717) is 22.0 Å². The van der Waals surface area contributed by atoms with Crippen molar-refractivity contribution in [2.45, 2.75) is 25.5 Å². The van der Waals surface area contributed by atoms with Gasteiger partial charge in [0, 0.05) is 20.0 Å². The van der Waals surface area contributed by atoms with Crippen molar-refractivity contribution in [2.24, 2.45) is 0 Å². The van der Waals surface area contributed by atoms with Crippen molar-refractivity contribution in [3.05, 3.63) is 69.2 Å². The summed E-state index contributed by atoms with van der Waals surface area (Å²) in [5.74, 6) is -0.765. The van der Waals surface area contributed by atoms with Gasteiger partial charge < -0.3 is 9.64 Å². The number of fused-ring (bicyclic) bond motifs is 1. The third kappa shape index (κ3) is 3.37. The Hall–Kier alpha value is -2.04. The molecule has 0 bridgehead atoms. The number of carbonyl (C=O) groups excluding carboxylic acids is 2. The molecule has 0 aromatic heterocycles. The normalized spacial score (nSPS) is 19.1. The van der Waals surface area contributed by atoms with Gasteiger partial charge in [-0.05, 0) is 30.2 Å². The molecule has 0 radical (unpaired) electrons. The first-order valence-corrected chi connectivity index (χ1v) is 8.57. The first kappa shape index (κ1) is 17.8. The Morgan fingerprint density at radius 2 is 1.92 bits per heavy atom. The molecule has 1 amide bonds. The molecule has 0 spiro atoms. The highest BCUT2D eigenvalue weighted by Gasteiger charge is 2.44. The summed E-state index contributed by atoms with van der Waals surface area (Å²) in [6.07, 6.45) is 0.335. The lowest BCUT2D eigenvalue weighted by Gasteiger charge is -2.36. The maximum absolute atomic E-state index is 12.9. The second-order valence-corrected chi connectivity index (χ2v) is 7.11. The van der Waals surface area contributed by atoms with Gasteiger partial charge in [0.05, 0.1) is 15.6 Å². The quantitative estimate of drug-likeness (QED) is 0.755. The number of cyclic esters (lactones) is 1. The molecule has 0 saturated heterocycles. The van der Waals surface area contributed by atoms with Crippen molar-refractivity contribution >= 4 is 35.1 Å². The molecule has 0 aliphatic carbocycles. The Labute approximate surface area is 156 Å². The zero-order chi connectivity index (χ0) is 18.2. The lowest BCUT2D eigenvalue weighted by molar-refractivity contribution is -0.150. The van der Waals surface area contributed by atoms with Crippen molar-refractivity contribution in [2.75, 3.05) is 7.05 Å². The summed E-state index contributed by atoms with van der Waals surface area (Å²) in [6.45, 7) is 1.91. The minimum Gasteiger partial charge on any atom is -0.445 e. The molecule has 2 aromatic carbocycles. The van der Waals surface area contributed by atoms with E-state index >= 15 is 0 Å². The molecule has 130 valence electrons. The van der Waals surface area contributed by atoms with E-state index in [9.17, 15) is 9.59 Å². The number of rotatable bonds is 3. The number of ether oxygens (including phenoxy) is 1. The predicted octanol–water partition coefficient (Wildman–Crippen LogP) is 4.12. The van der Waals surface area contributed by atoms with Crippen LogP contribution in [0.15, 0.2) is 42.5 Å². The highest BCUT2D eigenvalue weighted by atomic mass is 35.5. The largest absolute Gasteiger partial charge is 0.445 e. The molecule has 4 nitrogen and oxygen atoms in total. The van der Waals surface area contributed by atoms with Crippen LogP contribution in [0, 0.1) is 0 Å². The fourth-order valence-electron chi connectivity index (χ4n) is 3.05. The molecule has 0 fully saturated rings. The predicted molar refractivity (Wildman–Crippen MR) is 96.9 cm³/mol. The Kier molecular flexibility index (Phi) is 4.76. The van der Waals surface area contributed by atoms with Crippen LogP contribution >= 0.6 is 23.2 Å². The van der Waals surface area contributed by atoms with E-state index in [1.807, 2.05) is 18.2 Å². The monoisotopic (exact) mass is 377 g/mol. The Morgan fingerprint density at radius 1 is 1.20 bits per heavy atom. The summed E-state index contributed by atoms with van der Waals surface area (Å²) < 4.78 is 5.49. The molecular weight excluding hydrogens is 361 g/mol. The van der Waals surface area contributed by atoms with Crippen LogP contribution in [0.5, 0.6) is 0 Å². The molecule has 0 unspecified atom stereocenters. The molecule has 0 saturated carbocycles. The van der Waals surface area contributed by atoms with E-state index in [1.165, 1.54) is 4.90 Å². The molecule has 1 atom stereocenters. The van der Waals surface area contributed by atoms with Gasteiger partial charge in [-0.2, -0.15) is 0 Å². The maximum Gasteiger partial charge on any atom is 0.339 e. The molecule has 1 aliphatic rings. The van der Waals surface area contributed by atoms with E-state index in [4.69, 9.17) is 27.9 Å². The van der Waals surface area contributed by atoms with Crippen LogP contribution in [0.3, 0.4) is 0 Å². The van der Waals surface area contributed by atoms with E-state index in [1.54, 1.807) is 38.2 Å². The average molecular weight is 378 g/mol. The lowest BCUT2D eigenvalue weighted by atomic mass is 9.89. The van der Waals surface area contributed by atoms with Gasteiger partial charge in [0.2, 0.25) is 0 Å². The van der Waals surface area contributed by atoms with E-state index in [0.717, 1.165) is 11.1 Å². The van der Waals surface area contributed by atoms with Crippen LogP contribution in [-0.4, -0.2) is 29.4 Å². The van der Waals surface area contributed by atoms with Crippen LogP contribution in [-0.2, 0) is 22.5 Å². The van der Waals surface area contributed by atoms with E-state index in [-0.39, 0.29) is 12.5 Å². The van der Waals surface area contributed by atoms with Crippen LogP contribution in [0.1, 0.15) is 28.4 Å². The minimum absolute atomic E-state index is 0.271. The number of benzene rings is 2. The maximum atomic E-state index is 12.9. The number of hydrogen-bond donors (Lipinski definition) is 0. The smallest absolute Gasteiger partial charge is 0.339 e. The number of likely N-dealkylation sites (N-methyl/N-ethyl adjacent to an activating group) is 1. The van der Waals surface area contributed by atoms with Crippen molar-refractivity contribution in [3.63, 3.8) is 0 Å². The molecule has 3 rings (SSSR count). The topological polar surface area (TPSA) is 46.6 Å². The van der Waals surface area contributed by atoms with Crippen molar-refractivity contribution in [3.8, 4) is 0 Å². The Balaban J connectivity index is 1.83. The van der Waals surface area contributed by atoms with Gasteiger partial charge in [0.25, 0.3) is 5.91 Å². The van der Waals surface area contributed by atoms with Crippen molar-refractivity contribution in [1.29, 1.82) is 0 Å². The first-order valence-electron chi connectivity index (χ1n) is 7.81. The molecule has 1 heterocycles. The lowest BCUT2D eigenvalue weighted by Crippen LogP contribution is -2.51. The molecule has 25 heavy (non-hydrogen) atoms. The highest BCUT2D eigenvalue weighted by molar-refractivity contribution is 6.42. The van der Waals surface area contributed by atoms with Gasteiger partial charge in [-0.3, -0.25) is 4.79 Å². The van der Waals surface area contributed by atoms with Gasteiger partial charge in [-0.25, -0.2) is 4.79 Å². The summed E-state index contributed by atoms with van der Waals surface area (Å²) in [4.78, 5) is 26.7. The van der Waals surface area contributed by atoms with Crippen LogP contribution in [0.4, 0.5) is 0 Å². The van der Waals surface area contributed by atoms with Crippen molar-refractivity contribution < 1.29 is 14.3 Å². The number of hydrogen-bond acceptors (Lipinski definition) is 3. The molecule has 6 heteroatoms. The Morgan fingerprint density at radius 3 is 2.68 bits per heavy atom. The number of carbonyl (C=O) groups is 2. The Bertz CT molecular complexity index is 852. The summed E-state index contributed by atoms with van der Waals surface area (Å²) in [6, 6.07) is 12.4. The fourth-order valence-corrected chi connectivity index (χ4v) is 3.43. The summed E-state index contributed by atoms with van der Waals surface area (Å²) in [5.41, 5.74) is 0.805. The van der Waals surface area contributed by atoms with E-state index < -0.39 is 11.6 Å². The van der Waals surface area contributed by atoms with Crippen LogP contribution < -0.4 is 0 Å². The van der Waals surface area contributed by atoms with Gasteiger partial charge in [0.15, 0.2) is 5.60 Å². The molecular formula is C19H17Cl2NO3. The zero-order valence-corrected chi connectivity index (χ0v) is 15.4. The number of nitrogens with zero attached hydrogens (tertiary/aromatic N) is 1. The highest BCUT2D eigenvalue weighted by Crippen LogP contribution is 2.31. The molecule has 1 aliphatic heterocycles. The first-order chi connectivity index (χ1) is 11.8. The van der Waals surface area contributed by atoms with Crippen LogP contribution in [0.2, 0.25) is 10.0 Å². The summed E-state index contributed by atoms with van der Waals surface area (Å²) >= 11 is 12.2. The van der Waals surface area contributed by atoms with Crippen LogP contribution in [0.25, 0.3) is 0 Å². The minimum atomic E-state index is -1.24. The van der Waals surface area contributed by atoms with Gasteiger partial charge in [-0.15, -0.1) is 0 Å². The number of halogens is 2. The van der Waals surface area contributed by atoms with Gasteiger partial charge in [-0.1, -0.05) is 53.5 Å². The van der Waals surface area contributed by atoms with Gasteiger partial charge >= 0.3 is 5.97 Å². The van der Waals surface area contributed by atoms with Gasteiger partial charge in [0.1, 0.15) is 0 Å². The van der Waals surface area contributed by atoms with Crippen molar-refractivity contribution in [1.82, 2.24) is 4.90 Å². The number of esters is 1. The molecule has 2 aromatic rings. The second-order valence-electron chi connectivity index (χ2n) is 6.33. The fraction of sp³-hybridized carbons (Fsp3) is 0.263. The third-order valence-electron chi connectivity index (χ3n) is 4.32. The second kappa shape index (κ2) is 6.70. The average Bonchev–Trinajstić information content (AvgIpc) is 2.58. The number of amides is 1. The molecule has 0 N–H and O–H groups in total. The third-order valence-corrected chi connectivity index (χ3v) is 5.18. The summed E-state index contributed by atoms with van der Waals surface area (Å²) in [7, 11) is 1.65. The van der Waals surface area contributed by atoms with E-state index in [2.05, 4.69) is 0 Å². The standard InChI is InChI=1S/C19H17Cl2NO3/c1-19(10-12-6-3-4-8-14(12)17(23)25-19)18(24)22(2)11-13-7-5-9-15(20)16(13)21/h3-9H,10-11H2,1-2H3/t19-/m0/s1. The SMILES string of the molecule is CN(Cc1cccc(Cl)c1Cl)C(=O)[C@]1(C)Cc2ccccc2C(=O)O1. The zero-order valence-electron chi connectivity index (χ0n) is 13.9. The summed E-state index contributed by atoms with van der Waals surface area (Å²) in [5, 5.41) is 0.851.